The molecule has 3 aromatic heterocycles. The Morgan fingerprint density at radius 1 is 1.27 bits per heavy atom. The van der Waals surface area contributed by atoms with Gasteiger partial charge in [-0.25, -0.2) is 15.0 Å². The number of nitrogen functional groups attached to an aromatic ring is 1. The topological polar surface area (TPSA) is 135 Å². The maximum atomic E-state index is 12.9. The van der Waals surface area contributed by atoms with Crippen molar-refractivity contribution in [3.8, 4) is 0 Å². The smallest absolute Gasteiger partial charge is 0.297 e. The molecule has 0 aliphatic heterocycles. The van der Waals surface area contributed by atoms with E-state index in [0.717, 1.165) is 15.8 Å². The largest absolute Gasteiger partial charge is 0.390 e. The number of amides is 2. The first kappa shape index (κ1) is 22.6. The maximum absolute atomic E-state index is 12.9. The molecular formula is C23H24N6O3S. The zero-order valence-electron chi connectivity index (χ0n) is 18.3. The van der Waals surface area contributed by atoms with Gasteiger partial charge in [0.05, 0.1) is 22.4 Å². The van der Waals surface area contributed by atoms with Gasteiger partial charge in [-0.05, 0) is 42.2 Å². The van der Waals surface area contributed by atoms with Crippen molar-refractivity contribution in [3.05, 3.63) is 59.5 Å². The molecule has 0 atom stereocenters. The van der Waals surface area contributed by atoms with E-state index in [-0.39, 0.29) is 24.1 Å². The second kappa shape index (κ2) is 9.47. The summed E-state index contributed by atoms with van der Waals surface area (Å²) in [7, 11) is 0. The second-order valence-corrected chi connectivity index (χ2v) is 9.12. The van der Waals surface area contributed by atoms with Crippen molar-refractivity contribution in [2.24, 2.45) is 10.9 Å². The first-order chi connectivity index (χ1) is 15.8. The van der Waals surface area contributed by atoms with Crippen molar-refractivity contribution in [1.29, 1.82) is 0 Å². The number of aliphatic hydroxyl groups is 1. The van der Waals surface area contributed by atoms with Crippen molar-refractivity contribution in [2.45, 2.75) is 26.8 Å². The molecule has 0 fully saturated rings. The first-order valence-electron chi connectivity index (χ1n) is 10.5. The van der Waals surface area contributed by atoms with E-state index < -0.39 is 5.91 Å². The highest BCUT2D eigenvalue weighted by Gasteiger charge is 2.17. The van der Waals surface area contributed by atoms with Crippen molar-refractivity contribution in [2.75, 3.05) is 12.3 Å². The monoisotopic (exact) mass is 464 g/mol. The number of rotatable bonds is 7. The van der Waals surface area contributed by atoms with Crippen LogP contribution in [0.4, 0.5) is 5.13 Å². The van der Waals surface area contributed by atoms with Gasteiger partial charge in [-0.3, -0.25) is 9.59 Å². The number of nitrogens with zero attached hydrogens (tertiary/aromatic N) is 4. The van der Waals surface area contributed by atoms with E-state index in [0.29, 0.717) is 35.0 Å². The van der Waals surface area contributed by atoms with Gasteiger partial charge in [0.15, 0.2) is 10.8 Å². The minimum atomic E-state index is -0.549. The molecule has 9 nitrogen and oxygen atoms in total. The summed E-state index contributed by atoms with van der Waals surface area (Å²) >= 11 is 1.40. The van der Waals surface area contributed by atoms with E-state index in [1.54, 1.807) is 22.7 Å². The second-order valence-electron chi connectivity index (χ2n) is 8.06. The third kappa shape index (κ3) is 5.07. The molecule has 0 aliphatic rings. The number of fused-ring (bicyclic) bond motifs is 2. The molecule has 1 aromatic carbocycles. The minimum Gasteiger partial charge on any atom is -0.390 e. The lowest BCUT2D eigenvalue weighted by atomic mass is 10.1. The number of pyridine rings is 1. The van der Waals surface area contributed by atoms with Crippen LogP contribution in [0.3, 0.4) is 0 Å². The highest BCUT2D eigenvalue weighted by Crippen LogP contribution is 2.24. The third-order valence-electron chi connectivity index (χ3n) is 4.96. The number of hydrogen-bond donors (Lipinski definition) is 3. The molecule has 0 bridgehead atoms. The Balaban J connectivity index is 1.53. The van der Waals surface area contributed by atoms with Crippen LogP contribution in [0.1, 0.15) is 46.7 Å². The highest BCUT2D eigenvalue weighted by atomic mass is 32.1. The van der Waals surface area contributed by atoms with Crippen LogP contribution in [0.25, 0.3) is 15.9 Å². The first-order valence-corrected chi connectivity index (χ1v) is 11.3. The summed E-state index contributed by atoms with van der Waals surface area (Å²) in [6.07, 6.45) is 3.76. The minimum absolute atomic E-state index is 0.109. The van der Waals surface area contributed by atoms with Gasteiger partial charge in [-0.15, -0.1) is 0 Å². The summed E-state index contributed by atoms with van der Waals surface area (Å²) in [5, 5.41) is 12.9. The third-order valence-corrected chi connectivity index (χ3v) is 5.80. The van der Waals surface area contributed by atoms with Crippen LogP contribution in [0.2, 0.25) is 0 Å². The number of thiazole rings is 1. The summed E-state index contributed by atoms with van der Waals surface area (Å²) in [4.78, 5) is 38.1. The van der Waals surface area contributed by atoms with E-state index in [9.17, 15) is 14.7 Å². The number of carbonyl (C=O) groups excluding carboxylic acids is 2. The number of aliphatic imine (C=N–C) groups is 1. The van der Waals surface area contributed by atoms with Crippen LogP contribution in [0.15, 0.2) is 47.7 Å². The number of imidazole rings is 1. The summed E-state index contributed by atoms with van der Waals surface area (Å²) in [5.41, 5.74) is 8.71. The van der Waals surface area contributed by atoms with E-state index in [1.807, 2.05) is 32.0 Å². The van der Waals surface area contributed by atoms with Gasteiger partial charge in [0.2, 0.25) is 0 Å². The lowest BCUT2D eigenvalue weighted by Crippen LogP contribution is -2.23. The Morgan fingerprint density at radius 2 is 2.09 bits per heavy atom. The molecule has 10 heteroatoms. The van der Waals surface area contributed by atoms with E-state index >= 15 is 0 Å². The van der Waals surface area contributed by atoms with Crippen LogP contribution in [0.5, 0.6) is 0 Å². The van der Waals surface area contributed by atoms with Crippen molar-refractivity contribution >= 4 is 49.9 Å². The summed E-state index contributed by atoms with van der Waals surface area (Å²) in [6, 6.07) is 9.08. The summed E-state index contributed by atoms with van der Waals surface area (Å²) in [5.74, 6) is -0.602. The molecule has 4 rings (SSSR count). The van der Waals surface area contributed by atoms with Crippen LogP contribution >= 0.6 is 11.3 Å². The Kier molecular flexibility index (Phi) is 6.47. The standard InChI is InChI=1S/C23H24N6O3S/c1-13(2)8-15(12-30)26-22(32)18-11-29-7-3-4-16(20(29)27-18)21(31)25-10-14-5-6-17-19(9-14)33-23(24)28-17/h3-7,9,11,13,30H,8,10,12H2,1-2H3,(H2,24,28)(H,25,31). The number of benzene rings is 1. The lowest BCUT2D eigenvalue weighted by molar-refractivity contribution is 0.0950. The van der Waals surface area contributed by atoms with Crippen LogP contribution in [0, 0.1) is 5.92 Å². The fourth-order valence-corrected chi connectivity index (χ4v) is 4.28. The molecule has 33 heavy (non-hydrogen) atoms. The fourth-order valence-electron chi connectivity index (χ4n) is 3.49. The Morgan fingerprint density at radius 3 is 2.85 bits per heavy atom. The van der Waals surface area contributed by atoms with Gasteiger partial charge in [-0.1, -0.05) is 31.3 Å². The quantitative estimate of drug-likeness (QED) is 0.360. The van der Waals surface area contributed by atoms with E-state index in [4.69, 9.17) is 5.73 Å². The number of nitrogens with one attached hydrogen (secondary N) is 1. The predicted molar refractivity (Wildman–Crippen MR) is 129 cm³/mol. The Bertz CT molecular complexity index is 1370. The average molecular weight is 465 g/mol. The Hall–Kier alpha value is -3.63. The molecule has 170 valence electrons. The molecular weight excluding hydrogens is 440 g/mol. The van der Waals surface area contributed by atoms with Crippen molar-refractivity contribution in [1.82, 2.24) is 19.7 Å². The van der Waals surface area contributed by atoms with Crippen LogP contribution < -0.4 is 11.1 Å². The maximum Gasteiger partial charge on any atom is 0.297 e. The van der Waals surface area contributed by atoms with Crippen molar-refractivity contribution in [3.63, 3.8) is 0 Å². The number of aliphatic hydroxyl groups excluding tert-OH is 1. The lowest BCUT2D eigenvalue weighted by Gasteiger charge is -2.06. The highest BCUT2D eigenvalue weighted by molar-refractivity contribution is 7.22. The van der Waals surface area contributed by atoms with Gasteiger partial charge >= 0.3 is 0 Å². The molecule has 3 heterocycles. The molecule has 2 amide bonds. The molecule has 0 saturated heterocycles. The molecule has 0 saturated carbocycles. The van der Waals surface area contributed by atoms with Crippen LogP contribution in [-0.4, -0.2) is 43.6 Å². The van der Waals surface area contributed by atoms with Gasteiger partial charge < -0.3 is 20.6 Å². The zero-order chi connectivity index (χ0) is 23.5. The van der Waals surface area contributed by atoms with E-state index in [1.165, 1.54) is 17.5 Å². The summed E-state index contributed by atoms with van der Waals surface area (Å²) in [6.45, 7) is 4.00. The predicted octanol–water partition coefficient (Wildman–Crippen LogP) is 3.08. The fraction of sp³-hybridized carbons (Fsp3) is 0.261. The van der Waals surface area contributed by atoms with Gasteiger partial charge in [0, 0.05) is 24.7 Å². The molecule has 0 unspecified atom stereocenters. The van der Waals surface area contributed by atoms with Gasteiger partial charge in [0.25, 0.3) is 11.8 Å². The van der Waals surface area contributed by atoms with Crippen molar-refractivity contribution < 1.29 is 14.7 Å². The number of anilines is 1. The zero-order valence-corrected chi connectivity index (χ0v) is 19.1. The molecule has 4 aromatic rings. The number of carbonyl (C=O) groups is 2. The number of nitrogens with two attached hydrogens (primary N) is 1. The van der Waals surface area contributed by atoms with Gasteiger partial charge in [-0.2, -0.15) is 0 Å². The van der Waals surface area contributed by atoms with E-state index in [2.05, 4.69) is 20.3 Å². The van der Waals surface area contributed by atoms with Gasteiger partial charge in [0.1, 0.15) is 5.69 Å². The SMILES string of the molecule is CC(C)CC(CO)=NC(=O)c1cn2cccc(C(=O)NCc3ccc4nc(N)sc4c3)c2n1. The number of aromatic nitrogens is 3. The molecule has 0 spiro atoms. The normalized spacial score (nSPS) is 12.1. The number of hydrogen-bond acceptors (Lipinski definition) is 7. The average Bonchev–Trinajstić information content (AvgIpc) is 3.38. The molecule has 0 aliphatic carbocycles. The summed E-state index contributed by atoms with van der Waals surface area (Å²) < 4.78 is 2.57. The molecule has 4 N–H and O–H groups in total. The van der Waals surface area contributed by atoms with Crippen LogP contribution in [-0.2, 0) is 6.54 Å². The molecule has 0 radical (unpaired) electrons. The Labute approximate surface area is 194 Å².